The Kier molecular flexibility index (Phi) is 3.99. The van der Waals surface area contributed by atoms with E-state index in [1.165, 1.54) is 0 Å². The Morgan fingerprint density at radius 3 is 2.33 bits per heavy atom. The van der Waals surface area contributed by atoms with E-state index in [1.54, 1.807) is 4.90 Å². The minimum atomic E-state index is -1.52. The van der Waals surface area contributed by atoms with E-state index >= 15 is 0 Å². The molecule has 8 heteroatoms. The quantitative estimate of drug-likeness (QED) is 0.512. The fraction of sp³-hybridized carbons (Fsp3) is 0.938. The Labute approximate surface area is 153 Å². The summed E-state index contributed by atoms with van der Waals surface area (Å²) in [4.78, 5) is 14.0. The molecule has 5 nitrogen and oxygen atoms in total. The van der Waals surface area contributed by atoms with E-state index < -0.39 is 19.1 Å². The van der Waals surface area contributed by atoms with Crippen LogP contribution in [0, 0.1) is 11.3 Å². The van der Waals surface area contributed by atoms with Crippen molar-refractivity contribution in [2.75, 3.05) is 6.54 Å². The number of carbonyl (C=O) groups is 1. The Morgan fingerprint density at radius 2 is 1.79 bits per heavy atom. The highest BCUT2D eigenvalue weighted by Gasteiger charge is 2.65. The predicted octanol–water partition coefficient (Wildman–Crippen LogP) is 1.26. The van der Waals surface area contributed by atoms with E-state index in [0.717, 1.165) is 44.9 Å². The molecule has 4 bridgehead atoms. The van der Waals surface area contributed by atoms with Crippen LogP contribution in [0.1, 0.15) is 51.4 Å². The van der Waals surface area contributed by atoms with Crippen molar-refractivity contribution < 1.29 is 14.8 Å². The molecule has 4 aliphatic carbocycles. The number of hydrogen-bond donors (Lipinski definition) is 3. The Morgan fingerprint density at radius 1 is 1.17 bits per heavy atom. The highest BCUT2D eigenvalue weighted by molar-refractivity contribution is 6.43. The lowest BCUT2D eigenvalue weighted by Crippen LogP contribution is -2.67. The van der Waals surface area contributed by atoms with Gasteiger partial charge in [0.1, 0.15) is 0 Å². The van der Waals surface area contributed by atoms with Gasteiger partial charge in [0.2, 0.25) is 5.91 Å². The third-order valence-electron chi connectivity index (χ3n) is 6.83. The minimum absolute atomic E-state index is 0.173. The fourth-order valence-corrected chi connectivity index (χ4v) is 7.99. The number of nitrogens with zero attached hydrogens (tertiary/aromatic N) is 1. The molecule has 0 spiro atoms. The summed E-state index contributed by atoms with van der Waals surface area (Å²) in [7, 11) is -1.52. The van der Waals surface area contributed by atoms with Crippen molar-refractivity contribution in [2.45, 2.75) is 73.1 Å². The van der Waals surface area contributed by atoms with Crippen molar-refractivity contribution in [3.63, 3.8) is 0 Å². The SMILES string of the molecule is N[C@H](C(=O)N1CCC[C@H]1B(O)O)C12CC3CC(Cl)(CC(Cl)(C3)C1)C2. The summed E-state index contributed by atoms with van der Waals surface area (Å²) in [6.07, 6.45) is 6.48. The molecule has 0 aromatic rings. The molecule has 4 saturated carbocycles. The third kappa shape index (κ3) is 2.61. The van der Waals surface area contributed by atoms with Gasteiger partial charge in [-0.15, -0.1) is 23.2 Å². The third-order valence-corrected chi connectivity index (χ3v) is 7.67. The number of carbonyl (C=O) groups excluding carboxylic acids is 1. The van der Waals surface area contributed by atoms with Crippen LogP contribution in [0.5, 0.6) is 0 Å². The summed E-state index contributed by atoms with van der Waals surface area (Å²) in [5, 5.41) is 19.1. The van der Waals surface area contributed by atoms with Crippen molar-refractivity contribution in [3.8, 4) is 0 Å². The lowest BCUT2D eigenvalue weighted by Gasteiger charge is -2.64. The summed E-state index contributed by atoms with van der Waals surface area (Å²) >= 11 is 13.7. The summed E-state index contributed by atoms with van der Waals surface area (Å²) in [5.74, 6) is -0.284. The van der Waals surface area contributed by atoms with E-state index in [1.807, 2.05) is 0 Å². The van der Waals surface area contributed by atoms with Gasteiger partial charge >= 0.3 is 7.12 Å². The van der Waals surface area contributed by atoms with Crippen LogP contribution in [0.15, 0.2) is 0 Å². The molecule has 1 heterocycles. The first-order valence-electron chi connectivity index (χ1n) is 8.96. The molecule has 2 unspecified atom stereocenters. The van der Waals surface area contributed by atoms with Gasteiger partial charge in [-0.1, -0.05) is 0 Å². The van der Waals surface area contributed by atoms with E-state index in [4.69, 9.17) is 28.9 Å². The van der Waals surface area contributed by atoms with Crippen LogP contribution < -0.4 is 5.73 Å². The molecule has 5 rings (SSSR count). The second-order valence-corrected chi connectivity index (χ2v) is 10.4. The van der Waals surface area contributed by atoms with Crippen molar-refractivity contribution >= 4 is 36.2 Å². The monoisotopic (exact) mass is 374 g/mol. The zero-order valence-corrected chi connectivity index (χ0v) is 15.3. The first kappa shape index (κ1) is 17.4. The average Bonchev–Trinajstić information content (AvgIpc) is 2.91. The van der Waals surface area contributed by atoms with Crippen molar-refractivity contribution in [2.24, 2.45) is 17.1 Å². The standard InChI is InChI=1S/C16H25BCl2N2O3/c18-15-5-10-4-14(7-15,8-16(19,6-10)9-15)12(20)13(22)21-3-1-2-11(21)17(23)24/h10-12,23-24H,1-9,20H2/t10?,11-,12+,14?,15?,16?/m0/s1. The van der Waals surface area contributed by atoms with Gasteiger partial charge in [0.25, 0.3) is 0 Å². The largest absolute Gasteiger partial charge is 0.475 e. The van der Waals surface area contributed by atoms with Gasteiger partial charge in [0, 0.05) is 16.3 Å². The molecule has 1 amide bonds. The molecule has 1 aliphatic heterocycles. The topological polar surface area (TPSA) is 86.8 Å². The van der Waals surface area contributed by atoms with E-state index in [0.29, 0.717) is 18.9 Å². The zero-order chi connectivity index (χ0) is 17.3. The lowest BCUT2D eigenvalue weighted by molar-refractivity contribution is -0.141. The summed E-state index contributed by atoms with van der Waals surface area (Å²) < 4.78 is 0. The number of halogens is 2. The molecule has 0 aromatic carbocycles. The van der Waals surface area contributed by atoms with Crippen molar-refractivity contribution in [1.29, 1.82) is 0 Å². The molecule has 4 N–H and O–H groups in total. The van der Waals surface area contributed by atoms with Gasteiger partial charge in [-0.25, -0.2) is 0 Å². The molecule has 1 saturated heterocycles. The molecule has 5 fully saturated rings. The Bertz CT molecular complexity index is 545. The molecular weight excluding hydrogens is 350 g/mol. The van der Waals surface area contributed by atoms with Crippen molar-refractivity contribution in [3.05, 3.63) is 0 Å². The predicted molar refractivity (Wildman–Crippen MR) is 93.7 cm³/mol. The molecule has 5 aliphatic rings. The normalized spacial score (nSPS) is 48.0. The van der Waals surface area contributed by atoms with Gasteiger partial charge in [-0.3, -0.25) is 4.79 Å². The van der Waals surface area contributed by atoms with Crippen LogP contribution in [0.2, 0.25) is 0 Å². The number of likely N-dealkylation sites (tertiary alicyclic amines) is 1. The second kappa shape index (κ2) is 5.49. The molecule has 0 radical (unpaired) electrons. The lowest BCUT2D eigenvalue weighted by atomic mass is 9.47. The number of rotatable bonds is 3. The minimum Gasteiger partial charge on any atom is -0.426 e. The second-order valence-electron chi connectivity index (χ2n) is 8.81. The summed E-state index contributed by atoms with van der Waals surface area (Å²) in [6, 6.07) is -0.670. The molecule has 0 aromatic heterocycles. The maximum Gasteiger partial charge on any atom is 0.475 e. The molecule has 4 atom stereocenters. The Balaban J connectivity index is 1.60. The number of alkyl halides is 2. The highest BCUT2D eigenvalue weighted by atomic mass is 35.5. The first-order valence-corrected chi connectivity index (χ1v) is 9.71. The molecular formula is C16H25BCl2N2O3. The van der Waals surface area contributed by atoms with Crippen molar-refractivity contribution in [1.82, 2.24) is 4.90 Å². The maximum atomic E-state index is 13.1. The smallest absolute Gasteiger partial charge is 0.426 e. The van der Waals surface area contributed by atoms with E-state index in [2.05, 4.69) is 0 Å². The van der Waals surface area contributed by atoms with Crippen LogP contribution in [0.25, 0.3) is 0 Å². The van der Waals surface area contributed by atoms with Crippen LogP contribution in [0.4, 0.5) is 0 Å². The molecule has 24 heavy (non-hydrogen) atoms. The van der Waals surface area contributed by atoms with Gasteiger partial charge in [0.15, 0.2) is 0 Å². The zero-order valence-electron chi connectivity index (χ0n) is 13.8. The maximum absolute atomic E-state index is 13.1. The van der Waals surface area contributed by atoms with Crippen LogP contribution in [0.3, 0.4) is 0 Å². The van der Waals surface area contributed by atoms with Gasteiger partial charge in [-0.2, -0.15) is 0 Å². The summed E-state index contributed by atoms with van der Waals surface area (Å²) in [5.41, 5.74) is 6.15. The van der Waals surface area contributed by atoms with Gasteiger partial charge in [0.05, 0.1) is 12.0 Å². The van der Waals surface area contributed by atoms with Gasteiger partial charge < -0.3 is 20.7 Å². The van der Waals surface area contributed by atoms with E-state index in [9.17, 15) is 14.8 Å². The van der Waals surface area contributed by atoms with Crippen LogP contribution >= 0.6 is 23.2 Å². The van der Waals surface area contributed by atoms with Crippen LogP contribution in [-0.4, -0.2) is 56.2 Å². The average molecular weight is 375 g/mol. The number of hydrogen-bond acceptors (Lipinski definition) is 4. The summed E-state index contributed by atoms with van der Waals surface area (Å²) in [6.45, 7) is 0.534. The Hall–Kier alpha value is -0.00506. The fourth-order valence-electron chi connectivity index (χ4n) is 6.44. The number of amides is 1. The van der Waals surface area contributed by atoms with Crippen LogP contribution in [-0.2, 0) is 4.79 Å². The van der Waals surface area contributed by atoms with Gasteiger partial charge in [-0.05, 0) is 62.7 Å². The first-order chi connectivity index (χ1) is 11.2. The highest BCUT2D eigenvalue weighted by Crippen LogP contribution is 2.67. The van der Waals surface area contributed by atoms with E-state index in [-0.39, 0.29) is 21.1 Å². The molecule has 134 valence electrons. The number of nitrogens with two attached hydrogens (primary N) is 1.